The smallest absolute Gasteiger partial charge is 0.259 e. The minimum absolute atomic E-state index is 0.463. The van der Waals surface area contributed by atoms with Crippen LogP contribution < -0.4 is 9.88 Å². The highest BCUT2D eigenvalue weighted by molar-refractivity contribution is 7.89. The predicted octanol–water partition coefficient (Wildman–Crippen LogP) is 0.0792. The molecule has 1 amide bonds. The number of likely N-dealkylation sites (N-methyl/N-ethyl adjacent to an activating group) is 1. The van der Waals surface area contributed by atoms with Crippen molar-refractivity contribution in [2.45, 2.75) is 4.90 Å². The van der Waals surface area contributed by atoms with Gasteiger partial charge in [0.2, 0.25) is 15.8 Å². The second kappa shape index (κ2) is 5.49. The lowest BCUT2D eigenvalue weighted by atomic mass is 10.3. The number of halogens is 2. The van der Waals surface area contributed by atoms with Gasteiger partial charge in [-0.15, -0.1) is 0 Å². The Morgan fingerprint density at radius 1 is 1.32 bits per heavy atom. The molecule has 0 radical (unpaired) electrons. The molecule has 9 heteroatoms. The number of carbonyl (C=O) groups is 1. The van der Waals surface area contributed by atoms with Crippen molar-refractivity contribution in [3.63, 3.8) is 0 Å². The lowest BCUT2D eigenvalue weighted by molar-refractivity contribution is -0.130. The Morgan fingerprint density at radius 3 is 2.37 bits per heavy atom. The van der Waals surface area contributed by atoms with Crippen LogP contribution in [0.1, 0.15) is 0 Å². The number of rotatable bonds is 4. The fraction of sp³-hybridized carbons (Fsp3) is 0.300. The lowest BCUT2D eigenvalue weighted by Gasteiger charge is -2.12. The zero-order valence-corrected chi connectivity index (χ0v) is 11.0. The van der Waals surface area contributed by atoms with Crippen molar-refractivity contribution in [2.75, 3.05) is 20.7 Å². The average Bonchev–Trinajstić information content (AvgIpc) is 2.28. The quantitative estimate of drug-likeness (QED) is 0.851. The van der Waals surface area contributed by atoms with E-state index in [1.807, 2.05) is 0 Å². The van der Waals surface area contributed by atoms with Gasteiger partial charge in [0.15, 0.2) is 18.2 Å². The minimum atomic E-state index is -4.36. The molecule has 1 aromatic carbocycles. The number of sulfonamides is 1. The molecule has 0 saturated carbocycles. The van der Waals surface area contributed by atoms with Crippen LogP contribution in [0.25, 0.3) is 0 Å². The fourth-order valence-corrected chi connectivity index (χ4v) is 1.71. The first kappa shape index (κ1) is 15.3. The van der Waals surface area contributed by atoms with Gasteiger partial charge < -0.3 is 9.64 Å². The van der Waals surface area contributed by atoms with Crippen molar-refractivity contribution in [1.29, 1.82) is 0 Å². The van der Waals surface area contributed by atoms with Gasteiger partial charge in [0, 0.05) is 14.1 Å². The molecular weight excluding hydrogens is 282 g/mol. The molecule has 0 fully saturated rings. The van der Waals surface area contributed by atoms with Crippen LogP contribution in [0, 0.1) is 11.6 Å². The Labute approximate surface area is 108 Å². The molecule has 0 bridgehead atoms. The van der Waals surface area contributed by atoms with Gasteiger partial charge in [-0.05, 0) is 12.1 Å². The van der Waals surface area contributed by atoms with Gasteiger partial charge in [0.1, 0.15) is 4.90 Å². The molecule has 0 aliphatic heterocycles. The highest BCUT2D eigenvalue weighted by Gasteiger charge is 2.21. The summed E-state index contributed by atoms with van der Waals surface area (Å²) in [6, 6.07) is 1.66. The van der Waals surface area contributed by atoms with E-state index in [2.05, 4.69) is 0 Å². The fourth-order valence-electron chi connectivity index (χ4n) is 1.11. The van der Waals surface area contributed by atoms with E-state index in [4.69, 9.17) is 9.88 Å². The van der Waals surface area contributed by atoms with E-state index in [9.17, 15) is 22.0 Å². The topological polar surface area (TPSA) is 89.7 Å². The monoisotopic (exact) mass is 294 g/mol. The maximum Gasteiger partial charge on any atom is 0.259 e. The average molecular weight is 294 g/mol. The zero-order chi connectivity index (χ0) is 14.8. The maximum absolute atomic E-state index is 13.5. The summed E-state index contributed by atoms with van der Waals surface area (Å²) < 4.78 is 53.6. The predicted molar refractivity (Wildman–Crippen MR) is 61.9 cm³/mol. The number of ether oxygens (including phenoxy) is 1. The van der Waals surface area contributed by atoms with E-state index in [-0.39, 0.29) is 0 Å². The molecular formula is C10H12F2N2O4S. The molecule has 0 atom stereocenters. The molecule has 19 heavy (non-hydrogen) atoms. The summed E-state index contributed by atoms with van der Waals surface area (Å²) in [6.45, 7) is -0.502. The molecule has 1 aromatic rings. The molecule has 106 valence electrons. The maximum atomic E-state index is 13.5. The van der Waals surface area contributed by atoms with Crippen LogP contribution in [0.15, 0.2) is 17.0 Å². The first-order chi connectivity index (χ1) is 8.64. The summed E-state index contributed by atoms with van der Waals surface area (Å²) >= 11 is 0. The van der Waals surface area contributed by atoms with Crippen molar-refractivity contribution >= 4 is 15.9 Å². The molecule has 1 rings (SSSR count). The van der Waals surface area contributed by atoms with E-state index in [1.165, 1.54) is 19.0 Å². The summed E-state index contributed by atoms with van der Waals surface area (Å²) in [5.74, 6) is -4.19. The highest BCUT2D eigenvalue weighted by atomic mass is 32.2. The Hall–Kier alpha value is -1.74. The highest BCUT2D eigenvalue weighted by Crippen LogP contribution is 2.24. The van der Waals surface area contributed by atoms with E-state index in [0.717, 1.165) is 12.1 Å². The van der Waals surface area contributed by atoms with Crippen LogP contribution in [-0.2, 0) is 14.8 Å². The van der Waals surface area contributed by atoms with Gasteiger partial charge in [-0.25, -0.2) is 17.9 Å². The van der Waals surface area contributed by atoms with Gasteiger partial charge in [-0.2, -0.15) is 4.39 Å². The van der Waals surface area contributed by atoms with Crippen molar-refractivity contribution in [1.82, 2.24) is 4.90 Å². The summed E-state index contributed by atoms with van der Waals surface area (Å²) in [4.78, 5) is 11.4. The van der Waals surface area contributed by atoms with Crippen LogP contribution in [0.5, 0.6) is 5.75 Å². The lowest BCUT2D eigenvalue weighted by Crippen LogP contribution is -2.27. The Balaban J connectivity index is 3.01. The SMILES string of the molecule is CN(C)C(=O)COc1ccc(S(N)(=O)=O)c(F)c1F. The van der Waals surface area contributed by atoms with Gasteiger partial charge in [0.05, 0.1) is 0 Å². The van der Waals surface area contributed by atoms with Gasteiger partial charge in [0.25, 0.3) is 5.91 Å². The summed E-state index contributed by atoms with van der Waals surface area (Å²) in [5, 5.41) is 4.70. The van der Waals surface area contributed by atoms with Crippen molar-refractivity contribution < 1.29 is 26.7 Å². The van der Waals surface area contributed by atoms with Gasteiger partial charge in [-0.1, -0.05) is 0 Å². The molecule has 0 aliphatic rings. The third-order valence-electron chi connectivity index (χ3n) is 2.17. The van der Waals surface area contributed by atoms with Crippen LogP contribution in [0.3, 0.4) is 0 Å². The molecule has 2 N–H and O–H groups in total. The van der Waals surface area contributed by atoms with Gasteiger partial charge >= 0.3 is 0 Å². The number of nitrogens with two attached hydrogens (primary N) is 1. The van der Waals surface area contributed by atoms with Gasteiger partial charge in [-0.3, -0.25) is 4.79 Å². The van der Waals surface area contributed by atoms with Crippen LogP contribution in [0.2, 0.25) is 0 Å². The third kappa shape index (κ3) is 3.61. The number of nitrogens with zero attached hydrogens (tertiary/aromatic N) is 1. The van der Waals surface area contributed by atoms with Crippen LogP contribution >= 0.6 is 0 Å². The normalized spacial score (nSPS) is 11.2. The summed E-state index contributed by atoms with van der Waals surface area (Å²) in [6.07, 6.45) is 0. The molecule has 0 spiro atoms. The first-order valence-corrected chi connectivity index (χ1v) is 6.53. The summed E-state index contributed by atoms with van der Waals surface area (Å²) in [7, 11) is -1.43. The summed E-state index contributed by atoms with van der Waals surface area (Å²) in [5.41, 5.74) is 0. The second-order valence-corrected chi connectivity index (χ2v) is 5.34. The molecule has 0 aromatic heterocycles. The molecule has 6 nitrogen and oxygen atoms in total. The first-order valence-electron chi connectivity index (χ1n) is 4.98. The van der Waals surface area contributed by atoms with Crippen molar-refractivity contribution in [2.24, 2.45) is 5.14 Å². The second-order valence-electron chi connectivity index (χ2n) is 3.81. The minimum Gasteiger partial charge on any atom is -0.481 e. The van der Waals surface area contributed by atoms with E-state index < -0.39 is 44.8 Å². The Bertz CT molecular complexity index is 602. The number of hydrogen-bond donors (Lipinski definition) is 1. The zero-order valence-electron chi connectivity index (χ0n) is 10.2. The molecule has 0 heterocycles. The van der Waals surface area contributed by atoms with E-state index >= 15 is 0 Å². The van der Waals surface area contributed by atoms with E-state index in [1.54, 1.807) is 0 Å². The molecule has 0 saturated heterocycles. The standard InChI is InChI=1S/C10H12F2N2O4S/c1-14(2)8(15)5-18-6-3-4-7(19(13,16)17)10(12)9(6)11/h3-4H,5H2,1-2H3,(H2,13,16,17). The third-order valence-corrected chi connectivity index (χ3v) is 3.10. The number of hydrogen-bond acceptors (Lipinski definition) is 4. The van der Waals surface area contributed by atoms with Crippen molar-refractivity contribution in [3.05, 3.63) is 23.8 Å². The van der Waals surface area contributed by atoms with Crippen molar-refractivity contribution in [3.8, 4) is 5.75 Å². The molecule has 0 aliphatic carbocycles. The number of primary sulfonamides is 1. The molecule has 0 unspecified atom stereocenters. The number of amides is 1. The largest absolute Gasteiger partial charge is 0.481 e. The van der Waals surface area contributed by atoms with Crippen LogP contribution in [-0.4, -0.2) is 39.9 Å². The van der Waals surface area contributed by atoms with E-state index in [0.29, 0.717) is 0 Å². The Morgan fingerprint density at radius 2 is 1.89 bits per heavy atom. The van der Waals surface area contributed by atoms with Crippen LogP contribution in [0.4, 0.5) is 8.78 Å². The number of carbonyl (C=O) groups excluding carboxylic acids is 1. The number of benzene rings is 1. The Kier molecular flexibility index (Phi) is 4.43.